The van der Waals surface area contributed by atoms with Crippen molar-refractivity contribution in [1.29, 1.82) is 0 Å². The van der Waals surface area contributed by atoms with Crippen molar-refractivity contribution in [2.45, 2.75) is 26.2 Å². The maximum atomic E-state index is 12.6. The van der Waals surface area contributed by atoms with Gasteiger partial charge in [-0.25, -0.2) is 0 Å². The van der Waals surface area contributed by atoms with Crippen LogP contribution in [0.15, 0.2) is 48.5 Å². The molecular weight excluding hydrogens is 404 g/mol. The molecule has 3 amide bonds. The highest BCUT2D eigenvalue weighted by Gasteiger charge is 2.24. The van der Waals surface area contributed by atoms with Crippen molar-refractivity contribution in [3.05, 3.63) is 59.7 Å². The van der Waals surface area contributed by atoms with Crippen LogP contribution >= 0.6 is 0 Å². The van der Waals surface area contributed by atoms with Crippen LogP contribution in [-0.4, -0.2) is 66.8 Å². The first-order chi connectivity index (χ1) is 15.5. The zero-order valence-electron chi connectivity index (χ0n) is 18.5. The molecule has 4 rings (SSSR count). The third-order valence-electron chi connectivity index (χ3n) is 6.08. The van der Waals surface area contributed by atoms with E-state index in [1.54, 1.807) is 4.90 Å². The molecule has 2 saturated heterocycles. The number of nitrogens with zero attached hydrogens (tertiary/aromatic N) is 3. The van der Waals surface area contributed by atoms with Gasteiger partial charge in [-0.15, -0.1) is 0 Å². The van der Waals surface area contributed by atoms with Gasteiger partial charge in [-0.1, -0.05) is 35.9 Å². The fourth-order valence-electron chi connectivity index (χ4n) is 4.22. The normalized spacial score (nSPS) is 17.0. The van der Waals surface area contributed by atoms with Crippen LogP contribution in [0.3, 0.4) is 0 Å². The Morgan fingerprint density at radius 3 is 2.41 bits per heavy atom. The van der Waals surface area contributed by atoms with Crippen LogP contribution in [0, 0.1) is 6.92 Å². The summed E-state index contributed by atoms with van der Waals surface area (Å²) in [7, 11) is 0. The van der Waals surface area contributed by atoms with Crippen LogP contribution in [0.4, 0.5) is 11.4 Å². The first-order valence-electron chi connectivity index (χ1n) is 11.2. The SMILES string of the molecule is Cc1ccc(CC(=O)N2CCN(CC(=O)Nc3cccc(N4CCCC4=O)c3)CC2)cc1. The van der Waals surface area contributed by atoms with Gasteiger partial charge >= 0.3 is 0 Å². The maximum absolute atomic E-state index is 12.6. The molecule has 0 bridgehead atoms. The second-order valence-electron chi connectivity index (χ2n) is 8.57. The van der Waals surface area contributed by atoms with E-state index in [0.29, 0.717) is 44.7 Å². The summed E-state index contributed by atoms with van der Waals surface area (Å²) in [6.45, 7) is 5.65. The molecule has 0 atom stereocenters. The third kappa shape index (κ3) is 5.53. The van der Waals surface area contributed by atoms with E-state index in [9.17, 15) is 14.4 Å². The molecule has 2 fully saturated rings. The molecule has 2 aliphatic rings. The number of carbonyl (C=O) groups excluding carboxylic acids is 3. The lowest BCUT2D eigenvalue weighted by Gasteiger charge is -2.34. The van der Waals surface area contributed by atoms with Gasteiger partial charge in [0.25, 0.3) is 0 Å². The zero-order chi connectivity index (χ0) is 22.5. The second kappa shape index (κ2) is 9.96. The van der Waals surface area contributed by atoms with Crippen LogP contribution in [0.5, 0.6) is 0 Å². The Morgan fingerprint density at radius 1 is 0.969 bits per heavy atom. The van der Waals surface area contributed by atoms with E-state index in [0.717, 1.165) is 24.2 Å². The molecule has 0 saturated carbocycles. The lowest BCUT2D eigenvalue weighted by Crippen LogP contribution is -2.50. The molecule has 0 unspecified atom stereocenters. The van der Waals surface area contributed by atoms with Gasteiger partial charge in [-0.05, 0) is 37.1 Å². The van der Waals surface area contributed by atoms with Gasteiger partial charge in [0.2, 0.25) is 17.7 Å². The van der Waals surface area contributed by atoms with Crippen LogP contribution < -0.4 is 10.2 Å². The lowest BCUT2D eigenvalue weighted by molar-refractivity contribution is -0.132. The predicted octanol–water partition coefficient (Wildman–Crippen LogP) is 2.45. The molecule has 7 nitrogen and oxygen atoms in total. The first-order valence-corrected chi connectivity index (χ1v) is 11.2. The number of piperazine rings is 1. The van der Waals surface area contributed by atoms with Gasteiger partial charge < -0.3 is 15.1 Å². The van der Waals surface area contributed by atoms with Crippen molar-refractivity contribution in [1.82, 2.24) is 9.80 Å². The van der Waals surface area contributed by atoms with Gasteiger partial charge in [-0.2, -0.15) is 0 Å². The number of nitrogens with one attached hydrogen (secondary N) is 1. The number of aryl methyl sites for hydroxylation is 1. The number of hydrogen-bond donors (Lipinski definition) is 1. The number of rotatable bonds is 6. The summed E-state index contributed by atoms with van der Waals surface area (Å²) in [5.41, 5.74) is 3.73. The number of anilines is 2. The largest absolute Gasteiger partial charge is 0.340 e. The Morgan fingerprint density at radius 2 is 1.72 bits per heavy atom. The molecule has 2 heterocycles. The van der Waals surface area contributed by atoms with E-state index in [1.807, 2.05) is 60.4 Å². The lowest BCUT2D eigenvalue weighted by atomic mass is 10.1. The average molecular weight is 435 g/mol. The summed E-state index contributed by atoms with van der Waals surface area (Å²) in [4.78, 5) is 42.8. The molecule has 2 aromatic carbocycles. The quantitative estimate of drug-likeness (QED) is 0.758. The standard InChI is InChI=1S/C25H30N4O3/c1-19-7-9-20(10-8-19)16-25(32)28-14-12-27(13-15-28)18-23(30)26-21-4-2-5-22(17-21)29-11-3-6-24(29)31/h2,4-5,7-10,17H,3,6,11-16,18H2,1H3,(H,26,30). The number of hydrogen-bond acceptors (Lipinski definition) is 4. The van der Waals surface area contributed by atoms with Crippen molar-refractivity contribution in [2.75, 3.05) is 49.5 Å². The van der Waals surface area contributed by atoms with Gasteiger partial charge in [0, 0.05) is 50.5 Å². The van der Waals surface area contributed by atoms with Crippen molar-refractivity contribution in [3.63, 3.8) is 0 Å². The van der Waals surface area contributed by atoms with Crippen molar-refractivity contribution >= 4 is 29.1 Å². The molecule has 2 aromatic rings. The molecule has 32 heavy (non-hydrogen) atoms. The van der Waals surface area contributed by atoms with Gasteiger partial charge in [-0.3, -0.25) is 19.3 Å². The minimum atomic E-state index is -0.0886. The smallest absolute Gasteiger partial charge is 0.238 e. The Bertz CT molecular complexity index is 981. The molecule has 1 N–H and O–H groups in total. The number of carbonyl (C=O) groups is 3. The minimum Gasteiger partial charge on any atom is -0.340 e. The van der Waals surface area contributed by atoms with E-state index in [4.69, 9.17) is 0 Å². The molecule has 0 spiro atoms. The molecule has 0 radical (unpaired) electrons. The molecular formula is C25H30N4O3. The molecule has 0 aliphatic carbocycles. The van der Waals surface area contributed by atoms with Gasteiger partial charge in [0.05, 0.1) is 13.0 Å². The summed E-state index contributed by atoms with van der Waals surface area (Å²) in [5.74, 6) is 0.170. The predicted molar refractivity (Wildman–Crippen MR) is 125 cm³/mol. The number of amides is 3. The highest BCUT2D eigenvalue weighted by molar-refractivity contribution is 5.97. The maximum Gasteiger partial charge on any atom is 0.238 e. The minimum absolute atomic E-state index is 0.0886. The van der Waals surface area contributed by atoms with Crippen molar-refractivity contribution in [3.8, 4) is 0 Å². The van der Waals surface area contributed by atoms with Crippen LogP contribution in [0.25, 0.3) is 0 Å². The van der Waals surface area contributed by atoms with Crippen molar-refractivity contribution < 1.29 is 14.4 Å². The highest BCUT2D eigenvalue weighted by atomic mass is 16.2. The monoisotopic (exact) mass is 434 g/mol. The fourth-order valence-corrected chi connectivity index (χ4v) is 4.22. The Balaban J connectivity index is 1.23. The van der Waals surface area contributed by atoms with E-state index in [2.05, 4.69) is 10.2 Å². The van der Waals surface area contributed by atoms with Crippen LogP contribution in [0.1, 0.15) is 24.0 Å². The molecule has 7 heteroatoms. The summed E-state index contributed by atoms with van der Waals surface area (Å²) in [6.07, 6.45) is 1.86. The molecule has 0 aromatic heterocycles. The van der Waals surface area contributed by atoms with Crippen LogP contribution in [-0.2, 0) is 20.8 Å². The molecule has 2 aliphatic heterocycles. The Hall–Kier alpha value is -3.19. The Kier molecular flexibility index (Phi) is 6.85. The van der Waals surface area contributed by atoms with Gasteiger partial charge in [0.15, 0.2) is 0 Å². The van der Waals surface area contributed by atoms with Gasteiger partial charge in [0.1, 0.15) is 0 Å². The summed E-state index contributed by atoms with van der Waals surface area (Å²) < 4.78 is 0. The van der Waals surface area contributed by atoms with E-state index < -0.39 is 0 Å². The fraction of sp³-hybridized carbons (Fsp3) is 0.400. The second-order valence-corrected chi connectivity index (χ2v) is 8.57. The van der Waals surface area contributed by atoms with Crippen molar-refractivity contribution in [2.24, 2.45) is 0 Å². The zero-order valence-corrected chi connectivity index (χ0v) is 18.5. The van der Waals surface area contributed by atoms with E-state index in [1.165, 1.54) is 5.56 Å². The first kappa shape index (κ1) is 22.0. The topological polar surface area (TPSA) is 73.0 Å². The van der Waals surface area contributed by atoms with Crippen LogP contribution in [0.2, 0.25) is 0 Å². The van der Waals surface area contributed by atoms with E-state index >= 15 is 0 Å². The molecule has 168 valence electrons. The summed E-state index contributed by atoms with van der Waals surface area (Å²) >= 11 is 0. The highest BCUT2D eigenvalue weighted by Crippen LogP contribution is 2.24. The average Bonchev–Trinajstić information content (AvgIpc) is 3.22. The van der Waals surface area contributed by atoms with E-state index in [-0.39, 0.29) is 24.3 Å². The third-order valence-corrected chi connectivity index (χ3v) is 6.08. The summed E-state index contributed by atoms with van der Waals surface area (Å²) in [5, 5.41) is 2.94. The Labute approximate surface area is 189 Å². The summed E-state index contributed by atoms with van der Waals surface area (Å²) in [6, 6.07) is 15.5. The number of benzene rings is 2.